The lowest BCUT2D eigenvalue weighted by Gasteiger charge is -2.23. The number of nitrogens with two attached hydrogens (primary N) is 1. The summed E-state index contributed by atoms with van der Waals surface area (Å²) < 4.78 is 0. The molecular weight excluding hydrogens is 182 g/mol. The highest BCUT2D eigenvalue weighted by molar-refractivity contribution is 5.27. The van der Waals surface area contributed by atoms with Gasteiger partial charge in [0.15, 0.2) is 0 Å². The molecule has 14 heavy (non-hydrogen) atoms. The zero-order valence-corrected chi connectivity index (χ0v) is 8.18. The van der Waals surface area contributed by atoms with Crippen LogP contribution in [0.15, 0.2) is 27.9 Å². The van der Waals surface area contributed by atoms with Gasteiger partial charge in [0, 0.05) is 6.20 Å². The van der Waals surface area contributed by atoms with E-state index >= 15 is 0 Å². The zero-order valence-electron chi connectivity index (χ0n) is 8.18. The number of nitrogens with one attached hydrogen (secondary N) is 2. The molecule has 0 saturated carbocycles. The van der Waals surface area contributed by atoms with Crippen molar-refractivity contribution in [1.82, 2.24) is 9.97 Å². The van der Waals surface area contributed by atoms with Crippen LogP contribution in [-0.4, -0.2) is 9.97 Å². The second kappa shape index (κ2) is 3.26. The first kappa shape index (κ1) is 10.5. The van der Waals surface area contributed by atoms with Crippen LogP contribution in [-0.2, 0) is 5.54 Å². The molecule has 0 aliphatic carbocycles. The average Bonchev–Trinajstić information content (AvgIpc) is 2.02. The summed E-state index contributed by atoms with van der Waals surface area (Å²) in [4.78, 5) is 26.6. The van der Waals surface area contributed by atoms with Gasteiger partial charge in [-0.25, -0.2) is 4.79 Å². The molecule has 0 aromatic carbocycles. The molecular formula is C9H13N3O2. The number of aromatic nitrogens is 2. The monoisotopic (exact) mass is 195 g/mol. The molecule has 76 valence electrons. The maximum absolute atomic E-state index is 11.4. The minimum Gasteiger partial charge on any atom is -0.318 e. The molecule has 1 aromatic heterocycles. The number of H-pyrrole nitrogens is 2. The lowest BCUT2D eigenvalue weighted by atomic mass is 9.89. The highest BCUT2D eigenvalue weighted by atomic mass is 16.2. The summed E-state index contributed by atoms with van der Waals surface area (Å²) in [5.74, 6) is 0. The van der Waals surface area contributed by atoms with Crippen LogP contribution in [0.25, 0.3) is 0 Å². The highest BCUT2D eigenvalue weighted by Crippen LogP contribution is 2.20. The molecule has 0 saturated heterocycles. The quantitative estimate of drug-likeness (QED) is 0.571. The molecule has 4 N–H and O–H groups in total. The maximum Gasteiger partial charge on any atom is 0.325 e. The number of aromatic amines is 2. The Balaban J connectivity index is 3.41. The van der Waals surface area contributed by atoms with Gasteiger partial charge in [-0.05, 0) is 13.8 Å². The van der Waals surface area contributed by atoms with Crippen LogP contribution in [0.3, 0.4) is 0 Å². The first-order valence-corrected chi connectivity index (χ1v) is 4.13. The predicted molar refractivity (Wildman–Crippen MR) is 54.0 cm³/mol. The fraction of sp³-hybridized carbons (Fsp3) is 0.333. The lowest BCUT2D eigenvalue weighted by Crippen LogP contribution is -2.41. The summed E-state index contributed by atoms with van der Waals surface area (Å²) >= 11 is 0. The van der Waals surface area contributed by atoms with E-state index in [0.717, 1.165) is 0 Å². The average molecular weight is 195 g/mol. The van der Waals surface area contributed by atoms with E-state index in [1.807, 2.05) is 0 Å². The Bertz CT molecular complexity index is 467. The van der Waals surface area contributed by atoms with Gasteiger partial charge < -0.3 is 10.7 Å². The van der Waals surface area contributed by atoms with Crippen LogP contribution in [0, 0.1) is 0 Å². The molecule has 0 fully saturated rings. The summed E-state index contributed by atoms with van der Waals surface area (Å²) in [5, 5.41) is 0. The van der Waals surface area contributed by atoms with Gasteiger partial charge >= 0.3 is 5.69 Å². The Morgan fingerprint density at radius 1 is 1.57 bits per heavy atom. The fourth-order valence-corrected chi connectivity index (χ4v) is 1.03. The first-order valence-electron chi connectivity index (χ1n) is 4.13. The molecule has 5 nitrogen and oxygen atoms in total. The summed E-state index contributed by atoms with van der Waals surface area (Å²) in [6, 6.07) is 0. The molecule has 0 amide bonds. The van der Waals surface area contributed by atoms with Crippen LogP contribution in [0.5, 0.6) is 0 Å². The van der Waals surface area contributed by atoms with Crippen LogP contribution in [0.1, 0.15) is 19.4 Å². The molecule has 5 heteroatoms. The Hall–Kier alpha value is -1.62. The molecule has 1 heterocycles. The molecule has 0 radical (unpaired) electrons. The van der Waals surface area contributed by atoms with Crippen molar-refractivity contribution in [1.29, 1.82) is 0 Å². The van der Waals surface area contributed by atoms with E-state index in [0.29, 0.717) is 11.1 Å². The third kappa shape index (κ3) is 1.67. The van der Waals surface area contributed by atoms with Gasteiger partial charge in [-0.2, -0.15) is 0 Å². The Morgan fingerprint density at radius 2 is 2.14 bits per heavy atom. The van der Waals surface area contributed by atoms with E-state index in [1.54, 1.807) is 13.8 Å². The van der Waals surface area contributed by atoms with E-state index in [2.05, 4.69) is 16.5 Å². The van der Waals surface area contributed by atoms with Crippen molar-refractivity contribution in [2.75, 3.05) is 0 Å². The van der Waals surface area contributed by atoms with Crippen molar-refractivity contribution < 1.29 is 0 Å². The van der Waals surface area contributed by atoms with E-state index in [4.69, 9.17) is 5.73 Å². The number of hydrogen-bond donors (Lipinski definition) is 3. The summed E-state index contributed by atoms with van der Waals surface area (Å²) in [7, 11) is 0. The molecule has 0 bridgehead atoms. The van der Waals surface area contributed by atoms with Crippen molar-refractivity contribution >= 4 is 0 Å². The Kier molecular flexibility index (Phi) is 2.44. The predicted octanol–water partition coefficient (Wildman–Crippen LogP) is -0.187. The second-order valence-corrected chi connectivity index (χ2v) is 3.47. The van der Waals surface area contributed by atoms with Gasteiger partial charge in [-0.1, -0.05) is 12.2 Å². The minimum absolute atomic E-state index is 0.296. The fourth-order valence-electron chi connectivity index (χ4n) is 1.03. The van der Waals surface area contributed by atoms with E-state index in [-0.39, 0.29) is 0 Å². The van der Waals surface area contributed by atoms with Gasteiger partial charge in [0.25, 0.3) is 5.56 Å². The van der Waals surface area contributed by atoms with Crippen LogP contribution in [0.2, 0.25) is 0 Å². The Labute approximate surface area is 80.7 Å². The second-order valence-electron chi connectivity index (χ2n) is 3.47. The third-order valence-electron chi connectivity index (χ3n) is 2.27. The van der Waals surface area contributed by atoms with Crippen molar-refractivity contribution in [3.05, 3.63) is 44.8 Å². The van der Waals surface area contributed by atoms with Gasteiger partial charge in [-0.15, -0.1) is 0 Å². The normalized spacial score (nSPS) is 14.8. The van der Waals surface area contributed by atoms with E-state index in [1.165, 1.54) is 6.20 Å². The smallest absolute Gasteiger partial charge is 0.318 e. The van der Waals surface area contributed by atoms with Gasteiger partial charge in [0.05, 0.1) is 11.1 Å². The van der Waals surface area contributed by atoms with Crippen LogP contribution in [0.4, 0.5) is 0 Å². The number of rotatable bonds is 2. The third-order valence-corrected chi connectivity index (χ3v) is 2.27. The van der Waals surface area contributed by atoms with Gasteiger partial charge in [-0.3, -0.25) is 9.78 Å². The molecule has 0 aliphatic heterocycles. The standard InChI is InChI=1S/C9H13N3O2/c1-5(2)9(3,10)6-4-11-8(14)12-7(6)13/h4H,1,10H2,2-3H3,(H2,11,12,13,14). The molecule has 1 rings (SSSR count). The van der Waals surface area contributed by atoms with Crippen molar-refractivity contribution in [2.24, 2.45) is 5.73 Å². The van der Waals surface area contributed by atoms with Crippen molar-refractivity contribution in [3.63, 3.8) is 0 Å². The molecule has 0 spiro atoms. The van der Waals surface area contributed by atoms with Gasteiger partial charge in [0.2, 0.25) is 0 Å². The summed E-state index contributed by atoms with van der Waals surface area (Å²) in [5.41, 5.74) is 4.87. The zero-order chi connectivity index (χ0) is 10.9. The topological polar surface area (TPSA) is 91.7 Å². The van der Waals surface area contributed by atoms with E-state index < -0.39 is 16.8 Å². The molecule has 0 aliphatic rings. The van der Waals surface area contributed by atoms with E-state index in [9.17, 15) is 9.59 Å². The molecule has 1 aromatic rings. The largest absolute Gasteiger partial charge is 0.325 e. The van der Waals surface area contributed by atoms with Crippen molar-refractivity contribution in [3.8, 4) is 0 Å². The van der Waals surface area contributed by atoms with Gasteiger partial charge in [0.1, 0.15) is 0 Å². The first-order chi connectivity index (χ1) is 6.35. The van der Waals surface area contributed by atoms with Crippen LogP contribution >= 0.6 is 0 Å². The Morgan fingerprint density at radius 3 is 2.57 bits per heavy atom. The highest BCUT2D eigenvalue weighted by Gasteiger charge is 2.25. The number of hydrogen-bond acceptors (Lipinski definition) is 3. The summed E-state index contributed by atoms with van der Waals surface area (Å²) in [6.45, 7) is 7.09. The maximum atomic E-state index is 11.4. The lowest BCUT2D eigenvalue weighted by molar-refractivity contribution is 0.576. The summed E-state index contributed by atoms with van der Waals surface area (Å²) in [6.07, 6.45) is 1.32. The van der Waals surface area contributed by atoms with Crippen molar-refractivity contribution in [2.45, 2.75) is 19.4 Å². The van der Waals surface area contributed by atoms with Crippen LogP contribution < -0.4 is 17.0 Å². The molecule has 1 atom stereocenters. The SMILES string of the molecule is C=C(C)C(C)(N)c1c[nH]c(=O)[nH]c1=O. The molecule has 1 unspecified atom stereocenters. The minimum atomic E-state index is -0.933.